The highest BCUT2D eigenvalue weighted by molar-refractivity contribution is 5.83. The molecular formula is C22H23N5. The zero-order valence-corrected chi connectivity index (χ0v) is 15.4. The number of rotatable bonds is 2. The van der Waals surface area contributed by atoms with Gasteiger partial charge in [0.1, 0.15) is 11.5 Å². The molecule has 27 heavy (non-hydrogen) atoms. The maximum atomic E-state index is 4.95. The van der Waals surface area contributed by atoms with Crippen LogP contribution in [0.15, 0.2) is 48.9 Å². The molecule has 0 unspecified atom stereocenters. The van der Waals surface area contributed by atoms with Gasteiger partial charge in [0, 0.05) is 50.7 Å². The molecule has 0 amide bonds. The van der Waals surface area contributed by atoms with E-state index in [2.05, 4.69) is 55.4 Å². The van der Waals surface area contributed by atoms with Crippen LogP contribution in [0.3, 0.4) is 0 Å². The summed E-state index contributed by atoms with van der Waals surface area (Å²) in [5.41, 5.74) is 5.82. The second-order valence-electron chi connectivity index (χ2n) is 7.86. The lowest BCUT2D eigenvalue weighted by atomic mass is 9.91. The van der Waals surface area contributed by atoms with Gasteiger partial charge in [-0.05, 0) is 48.2 Å². The summed E-state index contributed by atoms with van der Waals surface area (Å²) in [5.74, 6) is 1.24. The Bertz CT molecular complexity index is 1130. The second kappa shape index (κ2) is 5.92. The van der Waals surface area contributed by atoms with E-state index in [1.807, 2.05) is 12.4 Å². The zero-order valence-electron chi connectivity index (χ0n) is 15.4. The average molecular weight is 357 g/mol. The molecule has 1 saturated carbocycles. The summed E-state index contributed by atoms with van der Waals surface area (Å²) in [4.78, 5) is 12.0. The predicted molar refractivity (Wildman–Crippen MR) is 107 cm³/mol. The second-order valence-corrected chi connectivity index (χ2v) is 7.86. The largest absolute Gasteiger partial charge is 0.327 e. The molecular weight excluding hydrogens is 334 g/mol. The van der Waals surface area contributed by atoms with Crippen molar-refractivity contribution in [2.45, 2.75) is 38.3 Å². The fourth-order valence-electron chi connectivity index (χ4n) is 4.58. The van der Waals surface area contributed by atoms with E-state index in [0.29, 0.717) is 0 Å². The van der Waals surface area contributed by atoms with E-state index in [-0.39, 0.29) is 0 Å². The van der Waals surface area contributed by atoms with Gasteiger partial charge in [-0.1, -0.05) is 12.5 Å². The first kappa shape index (κ1) is 15.4. The SMILES string of the molecule is c1cn2cc(-c3ccc4nc5n(c4c3)CCN(C3CCC3)CC5)ccc2n1. The van der Waals surface area contributed by atoms with Crippen LogP contribution in [-0.4, -0.2) is 43.0 Å². The molecule has 0 atom stereocenters. The van der Waals surface area contributed by atoms with Crippen molar-refractivity contribution in [1.82, 2.24) is 23.8 Å². The topological polar surface area (TPSA) is 38.4 Å². The van der Waals surface area contributed by atoms with Crippen LogP contribution in [0.5, 0.6) is 0 Å². The Morgan fingerprint density at radius 2 is 1.89 bits per heavy atom. The van der Waals surface area contributed by atoms with Crippen molar-refractivity contribution in [3.63, 3.8) is 0 Å². The molecule has 6 rings (SSSR count). The summed E-state index contributed by atoms with van der Waals surface area (Å²) in [7, 11) is 0. The van der Waals surface area contributed by atoms with Crippen LogP contribution in [0.2, 0.25) is 0 Å². The van der Waals surface area contributed by atoms with Crippen molar-refractivity contribution < 1.29 is 0 Å². The van der Waals surface area contributed by atoms with Crippen LogP contribution in [0.25, 0.3) is 27.8 Å². The van der Waals surface area contributed by atoms with Gasteiger partial charge in [0.05, 0.1) is 11.0 Å². The quantitative estimate of drug-likeness (QED) is 0.548. The summed E-state index contributed by atoms with van der Waals surface area (Å²) in [5, 5.41) is 0. The highest BCUT2D eigenvalue weighted by Crippen LogP contribution is 2.29. The van der Waals surface area contributed by atoms with E-state index in [1.54, 1.807) is 0 Å². The number of benzene rings is 1. The number of nitrogens with zero attached hydrogens (tertiary/aromatic N) is 5. The highest BCUT2D eigenvalue weighted by atomic mass is 15.2. The van der Waals surface area contributed by atoms with Crippen LogP contribution in [0.4, 0.5) is 0 Å². The molecule has 3 aromatic heterocycles. The van der Waals surface area contributed by atoms with E-state index < -0.39 is 0 Å². The summed E-state index contributed by atoms with van der Waals surface area (Å²) >= 11 is 0. The van der Waals surface area contributed by atoms with Gasteiger partial charge in [-0.25, -0.2) is 9.97 Å². The van der Waals surface area contributed by atoms with Crippen LogP contribution in [0, 0.1) is 0 Å². The minimum Gasteiger partial charge on any atom is -0.327 e. The van der Waals surface area contributed by atoms with E-state index in [1.165, 1.54) is 41.7 Å². The van der Waals surface area contributed by atoms with Gasteiger partial charge in [-0.2, -0.15) is 0 Å². The van der Waals surface area contributed by atoms with E-state index >= 15 is 0 Å². The Morgan fingerprint density at radius 3 is 2.78 bits per heavy atom. The molecule has 2 aliphatic rings. The van der Waals surface area contributed by atoms with Crippen LogP contribution in [-0.2, 0) is 13.0 Å². The number of pyridine rings is 1. The Labute approximate surface area is 158 Å². The number of fused-ring (bicyclic) bond motifs is 4. The Hall–Kier alpha value is -2.66. The van der Waals surface area contributed by atoms with E-state index in [9.17, 15) is 0 Å². The first-order chi connectivity index (χ1) is 13.3. The molecule has 1 aliphatic carbocycles. The van der Waals surface area contributed by atoms with Gasteiger partial charge in [0.25, 0.3) is 0 Å². The Balaban J connectivity index is 1.38. The lowest BCUT2D eigenvalue weighted by molar-refractivity contribution is 0.130. The van der Waals surface area contributed by atoms with Crippen LogP contribution in [0.1, 0.15) is 25.1 Å². The number of aromatic nitrogens is 4. The van der Waals surface area contributed by atoms with E-state index in [4.69, 9.17) is 4.98 Å². The van der Waals surface area contributed by atoms with Gasteiger partial charge in [0.2, 0.25) is 0 Å². The van der Waals surface area contributed by atoms with Crippen LogP contribution < -0.4 is 0 Å². The minimum atomic E-state index is 0.818. The monoisotopic (exact) mass is 357 g/mol. The molecule has 1 aromatic carbocycles. The first-order valence-electron chi connectivity index (χ1n) is 10.0. The van der Waals surface area contributed by atoms with Crippen LogP contribution >= 0.6 is 0 Å². The van der Waals surface area contributed by atoms with E-state index in [0.717, 1.165) is 43.3 Å². The molecule has 5 heteroatoms. The first-order valence-corrected chi connectivity index (χ1v) is 10.0. The van der Waals surface area contributed by atoms with Crippen molar-refractivity contribution in [3.05, 3.63) is 54.7 Å². The third-order valence-corrected chi connectivity index (χ3v) is 6.37. The summed E-state index contributed by atoms with van der Waals surface area (Å²) in [6, 6.07) is 11.7. The molecule has 1 fully saturated rings. The molecule has 1 aliphatic heterocycles. The minimum absolute atomic E-state index is 0.818. The fraction of sp³-hybridized carbons (Fsp3) is 0.364. The molecule has 0 bridgehead atoms. The standard InChI is InChI=1S/C22H23N5/c1-2-18(3-1)25-10-8-22-24-19-6-4-16(14-20(19)27(22)13-12-25)17-5-7-21-23-9-11-26(21)15-17/h4-7,9,11,14-15,18H,1-3,8,10,12-13H2. The molecule has 5 nitrogen and oxygen atoms in total. The van der Waals surface area contributed by atoms with Crippen molar-refractivity contribution in [2.24, 2.45) is 0 Å². The number of imidazole rings is 2. The molecule has 4 heterocycles. The third kappa shape index (κ3) is 2.49. The van der Waals surface area contributed by atoms with Gasteiger partial charge in [-0.15, -0.1) is 0 Å². The molecule has 0 spiro atoms. The molecule has 0 N–H and O–H groups in total. The Kier molecular flexibility index (Phi) is 3.38. The smallest absolute Gasteiger partial charge is 0.136 e. The third-order valence-electron chi connectivity index (χ3n) is 6.37. The maximum Gasteiger partial charge on any atom is 0.136 e. The molecule has 4 aromatic rings. The number of hydrogen-bond acceptors (Lipinski definition) is 3. The molecule has 0 saturated heterocycles. The summed E-state index contributed by atoms with van der Waals surface area (Å²) in [6.07, 6.45) is 11.2. The Morgan fingerprint density at radius 1 is 0.963 bits per heavy atom. The fourth-order valence-corrected chi connectivity index (χ4v) is 4.58. The van der Waals surface area contributed by atoms with Gasteiger partial charge in [-0.3, -0.25) is 4.90 Å². The van der Waals surface area contributed by atoms with Crippen molar-refractivity contribution in [3.8, 4) is 11.1 Å². The van der Waals surface area contributed by atoms with Crippen molar-refractivity contribution in [2.75, 3.05) is 13.1 Å². The summed E-state index contributed by atoms with van der Waals surface area (Å²) in [6.45, 7) is 3.35. The molecule has 136 valence electrons. The predicted octanol–water partition coefficient (Wildman–Crippen LogP) is 3.76. The van der Waals surface area contributed by atoms with Gasteiger partial charge >= 0.3 is 0 Å². The van der Waals surface area contributed by atoms with Crippen molar-refractivity contribution >= 4 is 16.7 Å². The lowest BCUT2D eigenvalue weighted by Crippen LogP contribution is -2.41. The number of hydrogen-bond donors (Lipinski definition) is 0. The summed E-state index contributed by atoms with van der Waals surface area (Å²) < 4.78 is 4.53. The highest BCUT2D eigenvalue weighted by Gasteiger charge is 2.27. The maximum absolute atomic E-state index is 4.95. The van der Waals surface area contributed by atoms with Gasteiger partial charge < -0.3 is 8.97 Å². The zero-order chi connectivity index (χ0) is 17.8. The normalized spacial score (nSPS) is 18.5. The molecule has 0 radical (unpaired) electrons. The van der Waals surface area contributed by atoms with Crippen molar-refractivity contribution in [1.29, 1.82) is 0 Å². The average Bonchev–Trinajstić information content (AvgIpc) is 3.20. The lowest BCUT2D eigenvalue weighted by Gasteiger charge is -2.36. The van der Waals surface area contributed by atoms with Gasteiger partial charge in [0.15, 0.2) is 0 Å².